The van der Waals surface area contributed by atoms with E-state index in [1.54, 1.807) is 6.07 Å². The van der Waals surface area contributed by atoms with Crippen LogP contribution in [-0.2, 0) is 9.36 Å². The van der Waals surface area contributed by atoms with Crippen LogP contribution < -0.4 is 5.32 Å². The molecule has 0 saturated heterocycles. The molecule has 3 aromatic carbocycles. The molecule has 4 rings (SSSR count). The Morgan fingerprint density at radius 2 is 1.73 bits per heavy atom. The highest BCUT2D eigenvalue weighted by atomic mass is 31.2. The summed E-state index contributed by atoms with van der Waals surface area (Å²) >= 11 is 0. The largest absolute Gasteiger partial charge is 0.349 e. The second-order valence-electron chi connectivity index (χ2n) is 6.94. The molecule has 0 spiro atoms. The number of amides is 1. The van der Waals surface area contributed by atoms with Gasteiger partial charge in [-0.25, -0.2) is 4.98 Å². The third-order valence-corrected chi connectivity index (χ3v) is 5.19. The van der Waals surface area contributed by atoms with Crippen LogP contribution in [0.2, 0.25) is 0 Å². The van der Waals surface area contributed by atoms with Crippen molar-refractivity contribution < 1.29 is 19.1 Å². The van der Waals surface area contributed by atoms with E-state index in [0.717, 1.165) is 33.1 Å². The second kappa shape index (κ2) is 7.84. The van der Waals surface area contributed by atoms with E-state index in [-0.39, 0.29) is 5.91 Å². The van der Waals surface area contributed by atoms with Gasteiger partial charge < -0.3 is 15.1 Å². The summed E-state index contributed by atoms with van der Waals surface area (Å²) in [6, 6.07) is 21.2. The van der Waals surface area contributed by atoms with Gasteiger partial charge in [0.05, 0.1) is 11.2 Å². The fraction of sp³-hybridized carbons (Fsp3) is 0.0435. The summed E-state index contributed by atoms with van der Waals surface area (Å²) < 4.78 is 11.2. The molecule has 6 nitrogen and oxygen atoms in total. The molecule has 7 heteroatoms. The van der Waals surface area contributed by atoms with Gasteiger partial charge in [-0.2, -0.15) is 0 Å². The minimum absolute atomic E-state index is 0.174. The van der Waals surface area contributed by atoms with Crippen LogP contribution in [-0.4, -0.2) is 20.7 Å². The Bertz CT molecular complexity index is 1350. The number of benzene rings is 3. The van der Waals surface area contributed by atoms with Crippen molar-refractivity contribution >= 4 is 46.9 Å². The minimum atomic E-state index is -4.29. The zero-order valence-electron chi connectivity index (χ0n) is 16.1. The highest BCUT2D eigenvalue weighted by molar-refractivity contribution is 7.55. The first-order valence-electron chi connectivity index (χ1n) is 9.25. The van der Waals surface area contributed by atoms with Gasteiger partial charge in [-0.3, -0.25) is 9.36 Å². The minimum Gasteiger partial charge on any atom is -0.326 e. The topological polar surface area (TPSA) is 99.5 Å². The summed E-state index contributed by atoms with van der Waals surface area (Å²) in [5, 5.41) is 5.75. The van der Waals surface area contributed by atoms with Crippen LogP contribution in [0.1, 0.15) is 12.6 Å². The average Bonchev–Trinajstić information content (AvgIpc) is 2.70. The predicted octanol–water partition coefficient (Wildman–Crippen LogP) is 5.16. The summed E-state index contributed by atoms with van der Waals surface area (Å²) in [5.74, 6) is 0.664. The maximum Gasteiger partial charge on any atom is 0.349 e. The first kappa shape index (κ1) is 20.0. The number of rotatable bonds is 4. The van der Waals surface area contributed by atoms with E-state index in [1.165, 1.54) is 13.0 Å². The van der Waals surface area contributed by atoms with Crippen molar-refractivity contribution in [2.45, 2.75) is 6.92 Å². The Kier molecular flexibility index (Phi) is 5.22. The van der Waals surface area contributed by atoms with Crippen LogP contribution in [0.25, 0.3) is 38.9 Å². The molecule has 0 atom stereocenters. The summed E-state index contributed by atoms with van der Waals surface area (Å²) in [6.45, 7) is 1.45. The number of nitrogens with one attached hydrogen (secondary N) is 1. The molecule has 1 heterocycles. The van der Waals surface area contributed by atoms with E-state index >= 15 is 0 Å². The summed E-state index contributed by atoms with van der Waals surface area (Å²) in [5.41, 5.74) is 3.53. The highest BCUT2D eigenvalue weighted by Crippen LogP contribution is 2.38. The Labute approximate surface area is 173 Å². The monoisotopic (exact) mass is 418 g/mol. The summed E-state index contributed by atoms with van der Waals surface area (Å²) in [4.78, 5) is 34.5. The van der Waals surface area contributed by atoms with Gasteiger partial charge in [-0.05, 0) is 40.6 Å². The average molecular weight is 418 g/mol. The smallest absolute Gasteiger partial charge is 0.326 e. The molecule has 0 radical (unpaired) electrons. The van der Waals surface area contributed by atoms with E-state index in [4.69, 9.17) is 9.79 Å². The number of fused-ring (bicyclic) bond motifs is 2. The molecule has 0 aliphatic rings. The van der Waals surface area contributed by atoms with E-state index in [0.29, 0.717) is 16.9 Å². The van der Waals surface area contributed by atoms with Crippen LogP contribution in [0.15, 0.2) is 72.5 Å². The summed E-state index contributed by atoms with van der Waals surface area (Å²) in [7, 11) is -4.29. The van der Waals surface area contributed by atoms with Gasteiger partial charge in [0, 0.05) is 29.4 Å². The maximum atomic E-state index is 11.6. The molecule has 4 aromatic rings. The lowest BCUT2D eigenvalue weighted by molar-refractivity contribution is -0.114. The lowest BCUT2D eigenvalue weighted by atomic mass is 9.95. The quantitative estimate of drug-likeness (QED) is 0.398. The van der Waals surface area contributed by atoms with Crippen LogP contribution in [0.4, 0.5) is 5.69 Å². The lowest BCUT2D eigenvalue weighted by Crippen LogP contribution is -2.06. The van der Waals surface area contributed by atoms with E-state index < -0.39 is 7.60 Å². The number of hydrogen-bond donors (Lipinski definition) is 3. The van der Waals surface area contributed by atoms with Crippen molar-refractivity contribution in [1.29, 1.82) is 0 Å². The number of aromatic nitrogens is 1. The number of carbonyl (C=O) groups is 1. The fourth-order valence-corrected chi connectivity index (χ4v) is 3.80. The molecule has 0 unspecified atom stereocenters. The van der Waals surface area contributed by atoms with Crippen molar-refractivity contribution in [3.8, 4) is 11.1 Å². The SMILES string of the molecule is CC(=O)Nc1cc(-c2cccc3ccccc23)c2nc(C=CP(=O)(O)O)ccc2c1. The molecule has 150 valence electrons. The highest BCUT2D eigenvalue weighted by Gasteiger charge is 2.13. The maximum absolute atomic E-state index is 11.6. The Balaban J connectivity index is 2.00. The third-order valence-electron chi connectivity index (χ3n) is 4.65. The van der Waals surface area contributed by atoms with Crippen LogP contribution in [0.5, 0.6) is 0 Å². The van der Waals surface area contributed by atoms with Gasteiger partial charge in [-0.15, -0.1) is 0 Å². The van der Waals surface area contributed by atoms with Gasteiger partial charge in [0.2, 0.25) is 5.91 Å². The lowest BCUT2D eigenvalue weighted by Gasteiger charge is -2.13. The Hall–Kier alpha value is -3.31. The van der Waals surface area contributed by atoms with Crippen molar-refractivity contribution in [3.63, 3.8) is 0 Å². The molecular weight excluding hydrogens is 399 g/mol. The molecule has 3 N–H and O–H groups in total. The molecule has 0 saturated carbocycles. The second-order valence-corrected chi connectivity index (χ2v) is 8.42. The Morgan fingerprint density at radius 3 is 2.50 bits per heavy atom. The predicted molar refractivity (Wildman–Crippen MR) is 120 cm³/mol. The molecule has 1 aromatic heterocycles. The molecule has 0 fully saturated rings. The molecular formula is C23H19N2O4P. The van der Waals surface area contributed by atoms with E-state index in [9.17, 15) is 9.36 Å². The summed E-state index contributed by atoms with van der Waals surface area (Å²) in [6.07, 6.45) is 1.31. The molecule has 0 bridgehead atoms. The number of nitrogens with zero attached hydrogens (tertiary/aromatic N) is 1. The van der Waals surface area contributed by atoms with E-state index in [2.05, 4.69) is 10.3 Å². The fourth-order valence-electron chi connectivity index (χ4n) is 3.46. The number of pyridine rings is 1. The molecule has 1 amide bonds. The third kappa shape index (κ3) is 4.31. The first-order valence-corrected chi connectivity index (χ1v) is 10.9. The van der Waals surface area contributed by atoms with E-state index in [1.807, 2.05) is 60.7 Å². The van der Waals surface area contributed by atoms with Crippen molar-refractivity contribution in [2.75, 3.05) is 5.32 Å². The normalized spacial score (nSPS) is 12.0. The first-order chi connectivity index (χ1) is 14.3. The van der Waals surface area contributed by atoms with Crippen molar-refractivity contribution in [2.24, 2.45) is 0 Å². The van der Waals surface area contributed by atoms with Gasteiger partial charge >= 0.3 is 7.60 Å². The number of anilines is 1. The van der Waals surface area contributed by atoms with Gasteiger partial charge in [0.25, 0.3) is 0 Å². The van der Waals surface area contributed by atoms with Gasteiger partial charge in [0.1, 0.15) is 0 Å². The molecule has 0 aliphatic carbocycles. The number of carbonyl (C=O) groups excluding carboxylic acids is 1. The molecule has 0 aliphatic heterocycles. The molecule has 30 heavy (non-hydrogen) atoms. The Morgan fingerprint density at radius 1 is 0.967 bits per heavy atom. The zero-order valence-corrected chi connectivity index (χ0v) is 17.0. The van der Waals surface area contributed by atoms with Gasteiger partial charge in [0.15, 0.2) is 0 Å². The van der Waals surface area contributed by atoms with Crippen LogP contribution in [0.3, 0.4) is 0 Å². The van der Waals surface area contributed by atoms with Crippen LogP contribution in [0, 0.1) is 0 Å². The van der Waals surface area contributed by atoms with Crippen LogP contribution >= 0.6 is 7.60 Å². The number of hydrogen-bond acceptors (Lipinski definition) is 3. The van der Waals surface area contributed by atoms with Gasteiger partial charge in [-0.1, -0.05) is 48.5 Å². The zero-order chi connectivity index (χ0) is 21.3. The van der Waals surface area contributed by atoms with Crippen molar-refractivity contribution in [3.05, 3.63) is 78.2 Å². The van der Waals surface area contributed by atoms with Crippen molar-refractivity contribution in [1.82, 2.24) is 4.98 Å². The standard InChI is InChI=1S/C23H19N2O4P/c1-15(26)24-19-13-17-9-10-18(11-12-30(27,28)29)25-23(17)22(14-19)21-8-4-6-16-5-2-3-7-20(16)21/h2-14H,1H3,(H,24,26)(H2,27,28,29).